The molecule has 0 aliphatic heterocycles. The van der Waals surface area contributed by atoms with Crippen molar-refractivity contribution in [3.05, 3.63) is 52.5 Å². The maximum atomic E-state index is 12.3. The van der Waals surface area contributed by atoms with Gasteiger partial charge in [-0.3, -0.25) is 9.59 Å². The van der Waals surface area contributed by atoms with Crippen LogP contribution in [-0.4, -0.2) is 35.1 Å². The molecule has 2 N–H and O–H groups in total. The summed E-state index contributed by atoms with van der Waals surface area (Å²) in [5.41, 5.74) is 1.49. The number of hydrogen-bond donors (Lipinski definition) is 2. The van der Waals surface area contributed by atoms with Crippen LogP contribution in [0, 0.1) is 5.92 Å². The van der Waals surface area contributed by atoms with Gasteiger partial charge in [0, 0.05) is 29.4 Å². The summed E-state index contributed by atoms with van der Waals surface area (Å²) in [5, 5.41) is 22.0. The largest absolute Gasteiger partial charge is 0.497 e. The van der Waals surface area contributed by atoms with E-state index < -0.39 is 5.91 Å². The second-order valence-electron chi connectivity index (χ2n) is 7.97. The minimum absolute atomic E-state index is 0.0181. The van der Waals surface area contributed by atoms with Crippen molar-refractivity contribution in [1.29, 1.82) is 0 Å². The van der Waals surface area contributed by atoms with Crippen LogP contribution in [0.5, 0.6) is 11.6 Å². The molecule has 0 aliphatic carbocycles. The Balaban J connectivity index is 1.72. The number of nitrogens with zero attached hydrogens (tertiary/aromatic N) is 3. The highest BCUT2D eigenvalue weighted by atomic mass is 79.9. The lowest BCUT2D eigenvalue weighted by molar-refractivity contribution is -0.118. The van der Waals surface area contributed by atoms with Gasteiger partial charge in [-0.2, -0.15) is 0 Å². The SMILES string of the molecule is COc1ccc2c(c1)c(N=NC(=O)CCNC(=O)c1ccccc1Br)c(O)n2CCC(C)C. The molecular formula is C24H27BrN4O4. The quantitative estimate of drug-likeness (QED) is 0.362. The van der Waals surface area contributed by atoms with Crippen molar-refractivity contribution >= 4 is 44.3 Å². The van der Waals surface area contributed by atoms with Crippen molar-refractivity contribution in [2.75, 3.05) is 13.7 Å². The number of ether oxygens (including phenoxy) is 1. The molecule has 0 atom stereocenters. The predicted molar refractivity (Wildman–Crippen MR) is 130 cm³/mol. The Hall–Kier alpha value is -3.20. The van der Waals surface area contributed by atoms with Crippen LogP contribution in [0.2, 0.25) is 0 Å². The normalized spacial score (nSPS) is 11.4. The van der Waals surface area contributed by atoms with E-state index in [1.807, 2.05) is 18.2 Å². The molecule has 0 aliphatic rings. The Morgan fingerprint density at radius 2 is 1.97 bits per heavy atom. The van der Waals surface area contributed by atoms with Gasteiger partial charge in [-0.15, -0.1) is 10.2 Å². The molecule has 2 amide bonds. The van der Waals surface area contributed by atoms with Crippen molar-refractivity contribution < 1.29 is 19.4 Å². The first kappa shape index (κ1) is 24.4. The zero-order valence-corrected chi connectivity index (χ0v) is 20.4. The maximum Gasteiger partial charge on any atom is 0.266 e. The molecule has 1 heterocycles. The number of amides is 2. The molecule has 3 rings (SSSR count). The molecule has 8 nitrogen and oxygen atoms in total. The molecule has 1 aromatic heterocycles. The second kappa shape index (κ2) is 11.1. The molecule has 0 fully saturated rings. The van der Waals surface area contributed by atoms with Crippen LogP contribution in [0.15, 0.2) is 57.2 Å². The number of methoxy groups -OCH3 is 1. The second-order valence-corrected chi connectivity index (χ2v) is 8.82. The highest BCUT2D eigenvalue weighted by molar-refractivity contribution is 9.10. The number of aromatic hydroxyl groups is 1. The van der Waals surface area contributed by atoms with Crippen LogP contribution < -0.4 is 10.1 Å². The number of fused-ring (bicyclic) bond motifs is 1. The van der Waals surface area contributed by atoms with Gasteiger partial charge in [-0.1, -0.05) is 26.0 Å². The van der Waals surface area contributed by atoms with Gasteiger partial charge in [0.05, 0.1) is 18.2 Å². The van der Waals surface area contributed by atoms with Gasteiger partial charge in [0.25, 0.3) is 11.8 Å². The summed E-state index contributed by atoms with van der Waals surface area (Å²) in [7, 11) is 1.56. The minimum Gasteiger partial charge on any atom is -0.497 e. The number of hydrogen-bond acceptors (Lipinski definition) is 5. The van der Waals surface area contributed by atoms with E-state index in [0.717, 1.165) is 11.9 Å². The van der Waals surface area contributed by atoms with E-state index in [2.05, 4.69) is 45.3 Å². The average Bonchev–Trinajstić information content (AvgIpc) is 3.06. The molecule has 0 bridgehead atoms. The van der Waals surface area contributed by atoms with Gasteiger partial charge in [0.15, 0.2) is 5.69 Å². The van der Waals surface area contributed by atoms with Crippen molar-refractivity contribution in [3.63, 3.8) is 0 Å². The van der Waals surface area contributed by atoms with E-state index in [1.165, 1.54) is 0 Å². The monoisotopic (exact) mass is 514 g/mol. The summed E-state index contributed by atoms with van der Waals surface area (Å²) in [6.45, 7) is 4.95. The van der Waals surface area contributed by atoms with E-state index in [1.54, 1.807) is 35.9 Å². The van der Waals surface area contributed by atoms with E-state index >= 15 is 0 Å². The molecule has 3 aromatic rings. The maximum absolute atomic E-state index is 12.3. The predicted octanol–water partition coefficient (Wildman–Crippen LogP) is 5.59. The first-order valence-corrected chi connectivity index (χ1v) is 11.5. The van der Waals surface area contributed by atoms with Crippen LogP contribution in [0.1, 0.15) is 37.0 Å². The van der Waals surface area contributed by atoms with Gasteiger partial charge >= 0.3 is 0 Å². The Bertz CT molecular complexity index is 1190. The number of carbonyl (C=O) groups is 2. The zero-order chi connectivity index (χ0) is 24.0. The number of aryl methyl sites for hydroxylation is 1. The number of azo groups is 1. The van der Waals surface area contributed by atoms with Crippen molar-refractivity contribution in [2.45, 2.75) is 33.2 Å². The third kappa shape index (κ3) is 5.98. The van der Waals surface area contributed by atoms with Crippen LogP contribution >= 0.6 is 15.9 Å². The average molecular weight is 515 g/mol. The van der Waals surface area contributed by atoms with E-state index in [9.17, 15) is 14.7 Å². The van der Waals surface area contributed by atoms with Gasteiger partial charge in [0.2, 0.25) is 5.88 Å². The number of aromatic nitrogens is 1. The molecule has 0 spiro atoms. The first-order chi connectivity index (χ1) is 15.8. The smallest absolute Gasteiger partial charge is 0.266 e. The fraction of sp³-hybridized carbons (Fsp3) is 0.333. The van der Waals surface area contributed by atoms with Crippen LogP contribution in [-0.2, 0) is 11.3 Å². The van der Waals surface area contributed by atoms with E-state index in [-0.39, 0.29) is 30.4 Å². The van der Waals surface area contributed by atoms with E-state index in [4.69, 9.17) is 4.74 Å². The zero-order valence-electron chi connectivity index (χ0n) is 18.8. The van der Waals surface area contributed by atoms with Crippen LogP contribution in [0.3, 0.4) is 0 Å². The number of carbonyl (C=O) groups excluding carboxylic acids is 2. The number of benzene rings is 2. The van der Waals surface area contributed by atoms with Gasteiger partial charge in [-0.05, 0) is 58.6 Å². The molecule has 2 aromatic carbocycles. The number of nitrogens with one attached hydrogen (secondary N) is 1. The lowest BCUT2D eigenvalue weighted by atomic mass is 10.1. The van der Waals surface area contributed by atoms with Crippen LogP contribution in [0.4, 0.5) is 5.69 Å². The third-order valence-electron chi connectivity index (χ3n) is 5.15. The summed E-state index contributed by atoms with van der Waals surface area (Å²) in [6, 6.07) is 12.5. The van der Waals surface area contributed by atoms with Crippen molar-refractivity contribution in [1.82, 2.24) is 9.88 Å². The van der Waals surface area contributed by atoms with Gasteiger partial charge in [0.1, 0.15) is 5.75 Å². The molecule has 0 saturated heterocycles. The Morgan fingerprint density at radius 3 is 2.67 bits per heavy atom. The Kier molecular flexibility index (Phi) is 8.21. The summed E-state index contributed by atoms with van der Waals surface area (Å²) in [4.78, 5) is 24.5. The lowest BCUT2D eigenvalue weighted by Gasteiger charge is -2.09. The Morgan fingerprint density at radius 1 is 1.21 bits per heavy atom. The summed E-state index contributed by atoms with van der Waals surface area (Å²) >= 11 is 3.33. The fourth-order valence-electron chi connectivity index (χ4n) is 3.32. The molecule has 0 radical (unpaired) electrons. The molecule has 33 heavy (non-hydrogen) atoms. The summed E-state index contributed by atoms with van der Waals surface area (Å²) in [6.07, 6.45) is 0.853. The Labute approximate surface area is 200 Å². The number of halogens is 1. The van der Waals surface area contributed by atoms with Crippen LogP contribution in [0.25, 0.3) is 10.9 Å². The number of rotatable bonds is 9. The molecule has 0 saturated carbocycles. The van der Waals surface area contributed by atoms with Crippen molar-refractivity contribution in [2.24, 2.45) is 16.1 Å². The van der Waals surface area contributed by atoms with Gasteiger partial charge in [-0.25, -0.2) is 0 Å². The highest BCUT2D eigenvalue weighted by Crippen LogP contribution is 2.40. The molecule has 9 heteroatoms. The molecule has 0 unspecified atom stereocenters. The highest BCUT2D eigenvalue weighted by Gasteiger charge is 2.18. The third-order valence-corrected chi connectivity index (χ3v) is 5.84. The van der Waals surface area contributed by atoms with Crippen molar-refractivity contribution in [3.8, 4) is 11.6 Å². The summed E-state index contributed by atoms with van der Waals surface area (Å²) < 4.78 is 7.74. The minimum atomic E-state index is -0.507. The fourth-order valence-corrected chi connectivity index (χ4v) is 3.79. The van der Waals surface area contributed by atoms with E-state index in [0.29, 0.717) is 33.6 Å². The summed E-state index contributed by atoms with van der Waals surface area (Å²) in [5.74, 6) is 0.232. The lowest BCUT2D eigenvalue weighted by Crippen LogP contribution is -2.26. The standard InChI is InChI=1S/C24H27BrN4O4/c1-15(2)11-13-29-20-9-8-16(33-3)14-18(20)22(24(29)32)28-27-21(30)10-12-26-23(31)17-6-4-5-7-19(17)25/h4-9,14-15,32H,10-13H2,1-3H3,(H,26,31). The van der Waals surface area contributed by atoms with Gasteiger partial charge < -0.3 is 19.7 Å². The molecule has 174 valence electrons. The molecular weight excluding hydrogens is 488 g/mol. The topological polar surface area (TPSA) is 105 Å². The first-order valence-electron chi connectivity index (χ1n) is 10.7.